The molecule has 6 heteroatoms. The van der Waals surface area contributed by atoms with Gasteiger partial charge in [0.05, 0.1) is 7.11 Å². The number of amides is 1. The molecule has 0 radical (unpaired) electrons. The topological polar surface area (TPSA) is 68.3 Å². The lowest BCUT2D eigenvalue weighted by Gasteiger charge is -2.22. The number of pyridine rings is 1. The summed E-state index contributed by atoms with van der Waals surface area (Å²) >= 11 is 6.03. The number of benzene rings is 1. The van der Waals surface area contributed by atoms with Gasteiger partial charge in [-0.15, -0.1) is 0 Å². The Morgan fingerprint density at radius 3 is 2.68 bits per heavy atom. The predicted octanol–water partition coefficient (Wildman–Crippen LogP) is 4.16. The first-order chi connectivity index (χ1) is 13.5. The summed E-state index contributed by atoms with van der Waals surface area (Å²) < 4.78 is 5.30. The van der Waals surface area contributed by atoms with Crippen LogP contribution in [0.1, 0.15) is 53.7 Å². The van der Waals surface area contributed by atoms with Gasteiger partial charge in [0, 0.05) is 35.7 Å². The van der Waals surface area contributed by atoms with Crippen LogP contribution in [0.25, 0.3) is 0 Å². The van der Waals surface area contributed by atoms with Crippen molar-refractivity contribution in [2.24, 2.45) is 0 Å². The van der Waals surface area contributed by atoms with Gasteiger partial charge in [-0.25, -0.2) is 0 Å². The number of nitrogens with zero attached hydrogens (tertiary/aromatic N) is 1. The Bertz CT molecular complexity index is 847. The fourth-order valence-corrected chi connectivity index (χ4v) is 3.80. The number of nitrogens with one attached hydrogen (secondary N) is 1. The third-order valence-corrected chi connectivity index (χ3v) is 5.26. The summed E-state index contributed by atoms with van der Waals surface area (Å²) in [5.41, 5.74) is 1.88. The van der Waals surface area contributed by atoms with Crippen molar-refractivity contribution in [2.75, 3.05) is 7.11 Å². The number of hydrogen-bond donors (Lipinski definition) is 1. The zero-order chi connectivity index (χ0) is 19.9. The van der Waals surface area contributed by atoms with E-state index in [1.54, 1.807) is 43.6 Å². The van der Waals surface area contributed by atoms with Crippen molar-refractivity contribution in [1.29, 1.82) is 0 Å². The van der Waals surface area contributed by atoms with E-state index < -0.39 is 0 Å². The molecule has 1 N–H and O–H groups in total. The molecule has 1 aromatic heterocycles. The Balaban J connectivity index is 1.63. The van der Waals surface area contributed by atoms with Crippen LogP contribution in [0.4, 0.5) is 0 Å². The summed E-state index contributed by atoms with van der Waals surface area (Å²) in [6.45, 7) is 0. The van der Waals surface area contributed by atoms with Gasteiger partial charge in [0.1, 0.15) is 17.2 Å². The molecule has 1 fully saturated rings. The summed E-state index contributed by atoms with van der Waals surface area (Å²) in [6, 6.07) is 8.92. The van der Waals surface area contributed by atoms with Gasteiger partial charge in [-0.2, -0.15) is 0 Å². The number of Topliss-reactive ketones (excluding diaryl/α,β-unsaturated/α-hetero) is 1. The highest BCUT2D eigenvalue weighted by molar-refractivity contribution is 6.30. The number of aromatic nitrogens is 1. The van der Waals surface area contributed by atoms with Gasteiger partial charge in [-0.1, -0.05) is 30.9 Å². The Labute approximate surface area is 170 Å². The zero-order valence-electron chi connectivity index (χ0n) is 16.0. The number of halogens is 1. The van der Waals surface area contributed by atoms with Gasteiger partial charge in [0.25, 0.3) is 5.91 Å². The van der Waals surface area contributed by atoms with Crippen LogP contribution in [0, 0.1) is 0 Å². The van der Waals surface area contributed by atoms with Crippen LogP contribution in [-0.2, 0) is 17.6 Å². The molecule has 1 amide bonds. The van der Waals surface area contributed by atoms with Crippen LogP contribution in [-0.4, -0.2) is 29.8 Å². The van der Waals surface area contributed by atoms with Crippen LogP contribution in [0.3, 0.4) is 0 Å². The maximum Gasteiger partial charge on any atom is 0.270 e. The smallest absolute Gasteiger partial charge is 0.270 e. The molecule has 28 heavy (non-hydrogen) atoms. The largest absolute Gasteiger partial charge is 0.496 e. The predicted molar refractivity (Wildman–Crippen MR) is 109 cm³/mol. The summed E-state index contributed by atoms with van der Waals surface area (Å²) in [5, 5.41) is 3.62. The molecular weight excluding hydrogens is 376 g/mol. The van der Waals surface area contributed by atoms with Crippen LogP contribution in [0.15, 0.2) is 36.5 Å². The Morgan fingerprint density at radius 2 is 1.93 bits per heavy atom. The Hall–Kier alpha value is -2.40. The zero-order valence-corrected chi connectivity index (χ0v) is 16.8. The van der Waals surface area contributed by atoms with Gasteiger partial charge < -0.3 is 10.1 Å². The van der Waals surface area contributed by atoms with Crippen molar-refractivity contribution in [3.05, 3.63) is 58.4 Å². The fraction of sp³-hybridized carbons (Fsp3) is 0.409. The minimum Gasteiger partial charge on any atom is -0.496 e. The van der Waals surface area contributed by atoms with Crippen molar-refractivity contribution in [2.45, 2.75) is 51.0 Å². The molecule has 1 aromatic carbocycles. The standard InChI is InChI=1S/C22H25ClN2O3/c1-28-21-8-7-17(23)13-16(21)14-19(26)11-15-9-10-24-20(12-15)22(27)25-18-5-3-2-4-6-18/h7-10,12-13,18H,2-6,11,14H2,1H3,(H,25,27). The van der Waals surface area contributed by atoms with Crippen LogP contribution >= 0.6 is 11.6 Å². The highest BCUT2D eigenvalue weighted by atomic mass is 35.5. The lowest BCUT2D eigenvalue weighted by molar-refractivity contribution is -0.117. The van der Waals surface area contributed by atoms with Gasteiger partial charge in [0.2, 0.25) is 0 Å². The van der Waals surface area contributed by atoms with Gasteiger partial charge >= 0.3 is 0 Å². The summed E-state index contributed by atoms with van der Waals surface area (Å²) in [7, 11) is 1.57. The summed E-state index contributed by atoms with van der Waals surface area (Å²) in [6.07, 6.45) is 7.60. The Kier molecular flexibility index (Phi) is 7.04. The van der Waals surface area contributed by atoms with Gasteiger partial charge in [-0.3, -0.25) is 14.6 Å². The van der Waals surface area contributed by atoms with Crippen molar-refractivity contribution in [1.82, 2.24) is 10.3 Å². The third kappa shape index (κ3) is 5.55. The molecule has 2 aromatic rings. The molecule has 1 aliphatic rings. The molecule has 148 valence electrons. The molecule has 3 rings (SSSR count). The van der Waals surface area contributed by atoms with Gasteiger partial charge in [0.15, 0.2) is 0 Å². The molecule has 0 unspecified atom stereocenters. The highest BCUT2D eigenvalue weighted by Gasteiger charge is 2.18. The number of carbonyl (C=O) groups excluding carboxylic acids is 2. The molecular formula is C22H25ClN2O3. The minimum atomic E-state index is -0.169. The summed E-state index contributed by atoms with van der Waals surface area (Å²) in [4.78, 5) is 29.2. The number of rotatable bonds is 7. The van der Waals surface area contributed by atoms with E-state index in [-0.39, 0.29) is 30.6 Å². The molecule has 0 atom stereocenters. The number of hydrogen-bond acceptors (Lipinski definition) is 4. The molecule has 0 bridgehead atoms. The molecule has 5 nitrogen and oxygen atoms in total. The first-order valence-corrected chi connectivity index (χ1v) is 10.0. The average molecular weight is 401 g/mol. The van der Waals surface area contributed by atoms with E-state index >= 15 is 0 Å². The molecule has 0 saturated heterocycles. The van der Waals surface area contributed by atoms with Gasteiger partial charge in [-0.05, 0) is 48.7 Å². The van der Waals surface area contributed by atoms with E-state index in [0.29, 0.717) is 16.5 Å². The maximum absolute atomic E-state index is 12.5. The molecule has 0 spiro atoms. The average Bonchev–Trinajstić information content (AvgIpc) is 2.69. The molecule has 0 aliphatic heterocycles. The van der Waals surface area contributed by atoms with E-state index in [0.717, 1.165) is 36.8 Å². The quantitative estimate of drug-likeness (QED) is 0.757. The SMILES string of the molecule is COc1ccc(Cl)cc1CC(=O)Cc1ccnc(C(=O)NC2CCCCC2)c1. The Morgan fingerprint density at radius 1 is 1.14 bits per heavy atom. The van der Waals surface area contributed by atoms with Crippen LogP contribution in [0.2, 0.25) is 5.02 Å². The van der Waals surface area contributed by atoms with Crippen molar-refractivity contribution in [3.63, 3.8) is 0 Å². The second-order valence-electron chi connectivity index (χ2n) is 7.21. The second kappa shape index (κ2) is 9.69. The highest BCUT2D eigenvalue weighted by Crippen LogP contribution is 2.23. The number of ketones is 1. The lowest BCUT2D eigenvalue weighted by atomic mass is 9.95. The second-order valence-corrected chi connectivity index (χ2v) is 7.64. The number of carbonyl (C=O) groups is 2. The van der Waals surface area contributed by atoms with E-state index in [9.17, 15) is 9.59 Å². The lowest BCUT2D eigenvalue weighted by Crippen LogP contribution is -2.36. The molecule has 1 aliphatic carbocycles. The number of methoxy groups -OCH3 is 1. The van der Waals surface area contributed by atoms with E-state index in [1.807, 2.05) is 0 Å². The van der Waals surface area contributed by atoms with E-state index in [2.05, 4.69) is 10.3 Å². The first kappa shape index (κ1) is 20.3. The molecule has 1 heterocycles. The van der Waals surface area contributed by atoms with E-state index in [4.69, 9.17) is 16.3 Å². The van der Waals surface area contributed by atoms with Crippen LogP contribution < -0.4 is 10.1 Å². The van der Waals surface area contributed by atoms with Crippen LogP contribution in [0.5, 0.6) is 5.75 Å². The normalized spacial score (nSPS) is 14.5. The third-order valence-electron chi connectivity index (χ3n) is 5.03. The summed E-state index contributed by atoms with van der Waals surface area (Å²) in [5.74, 6) is 0.489. The monoisotopic (exact) mass is 400 g/mol. The van der Waals surface area contributed by atoms with Crippen molar-refractivity contribution < 1.29 is 14.3 Å². The molecule has 1 saturated carbocycles. The first-order valence-electron chi connectivity index (χ1n) is 9.65. The van der Waals surface area contributed by atoms with E-state index in [1.165, 1.54) is 6.42 Å². The fourth-order valence-electron chi connectivity index (χ4n) is 3.60. The van der Waals surface area contributed by atoms with Crippen molar-refractivity contribution in [3.8, 4) is 5.75 Å². The minimum absolute atomic E-state index is 0.0189. The maximum atomic E-state index is 12.5. The number of ether oxygens (including phenoxy) is 1. The van der Waals surface area contributed by atoms with Crippen molar-refractivity contribution >= 4 is 23.3 Å².